The van der Waals surface area contributed by atoms with Gasteiger partial charge in [-0.25, -0.2) is 9.67 Å². The number of thiazole rings is 1. The lowest BCUT2D eigenvalue weighted by atomic mass is 9.98. The van der Waals surface area contributed by atoms with Crippen LogP contribution in [-0.4, -0.2) is 38.7 Å². The number of hydrogen-bond acceptors (Lipinski definition) is 6. The number of carbonyl (C=O) groups is 1. The molecule has 2 N–H and O–H groups in total. The molecule has 1 aliphatic heterocycles. The van der Waals surface area contributed by atoms with Gasteiger partial charge < -0.3 is 5.32 Å². The fourth-order valence-electron chi connectivity index (χ4n) is 2.67. The fraction of sp³-hybridized carbons (Fsp3) is 0.571. The van der Waals surface area contributed by atoms with Crippen molar-refractivity contribution in [1.82, 2.24) is 25.1 Å². The Hall–Kier alpha value is -1.51. The Labute approximate surface area is 145 Å². The van der Waals surface area contributed by atoms with Crippen molar-refractivity contribution in [2.45, 2.75) is 32.6 Å². The van der Waals surface area contributed by atoms with Crippen LogP contribution in [0.2, 0.25) is 0 Å². The molecule has 1 fully saturated rings. The van der Waals surface area contributed by atoms with Gasteiger partial charge in [0.05, 0.1) is 5.01 Å². The summed E-state index contributed by atoms with van der Waals surface area (Å²) in [7, 11) is 1.80. The van der Waals surface area contributed by atoms with E-state index in [0.29, 0.717) is 17.6 Å². The van der Waals surface area contributed by atoms with E-state index < -0.39 is 0 Å². The third-order valence-corrected chi connectivity index (χ3v) is 4.71. The number of anilines is 1. The van der Waals surface area contributed by atoms with E-state index in [9.17, 15) is 4.79 Å². The monoisotopic (exact) mass is 356 g/mol. The maximum atomic E-state index is 12.3. The first kappa shape index (κ1) is 17.8. The van der Waals surface area contributed by atoms with Crippen LogP contribution in [0.15, 0.2) is 0 Å². The first-order valence-electron chi connectivity index (χ1n) is 7.41. The van der Waals surface area contributed by atoms with Crippen molar-refractivity contribution >= 4 is 35.6 Å². The lowest BCUT2D eigenvalue weighted by Gasteiger charge is -2.19. The molecule has 1 saturated heterocycles. The van der Waals surface area contributed by atoms with Gasteiger partial charge in [0, 0.05) is 17.8 Å². The van der Waals surface area contributed by atoms with E-state index in [-0.39, 0.29) is 18.3 Å². The number of nitrogens with zero attached hydrogens (tertiary/aromatic N) is 4. The van der Waals surface area contributed by atoms with Crippen molar-refractivity contribution in [3.8, 4) is 0 Å². The third-order valence-electron chi connectivity index (χ3n) is 3.83. The summed E-state index contributed by atoms with van der Waals surface area (Å²) in [5.74, 6) is 1.42. The van der Waals surface area contributed by atoms with Gasteiger partial charge in [0.15, 0.2) is 5.82 Å². The molecule has 0 radical (unpaired) electrons. The van der Waals surface area contributed by atoms with E-state index in [2.05, 4.69) is 25.7 Å². The predicted molar refractivity (Wildman–Crippen MR) is 92.6 cm³/mol. The molecular formula is C14H21ClN6OS. The number of carbonyl (C=O) groups excluding carboxylic acids is 1. The highest BCUT2D eigenvalue weighted by Gasteiger charge is 2.22. The predicted octanol–water partition coefficient (Wildman–Crippen LogP) is 2.03. The van der Waals surface area contributed by atoms with Crippen molar-refractivity contribution < 1.29 is 4.79 Å². The first-order valence-corrected chi connectivity index (χ1v) is 8.23. The van der Waals surface area contributed by atoms with Gasteiger partial charge >= 0.3 is 0 Å². The Morgan fingerprint density at radius 2 is 2.00 bits per heavy atom. The Morgan fingerprint density at radius 1 is 1.30 bits per heavy atom. The number of aryl methyl sites for hydroxylation is 3. The number of aromatic nitrogens is 4. The van der Waals surface area contributed by atoms with Gasteiger partial charge in [-0.2, -0.15) is 10.1 Å². The van der Waals surface area contributed by atoms with E-state index in [1.807, 2.05) is 13.8 Å². The van der Waals surface area contributed by atoms with E-state index in [1.54, 1.807) is 11.7 Å². The molecular weight excluding hydrogens is 336 g/mol. The molecule has 1 aliphatic rings. The Balaban J connectivity index is 0.00000192. The maximum Gasteiger partial charge on any atom is 0.277 e. The smallest absolute Gasteiger partial charge is 0.277 e. The number of nitrogens with one attached hydrogen (secondary N) is 2. The number of piperidine rings is 1. The molecule has 0 spiro atoms. The second kappa shape index (κ2) is 7.37. The first-order chi connectivity index (χ1) is 10.5. The van der Waals surface area contributed by atoms with Crippen LogP contribution in [0.25, 0.3) is 0 Å². The largest absolute Gasteiger partial charge is 0.317 e. The average molecular weight is 357 g/mol. The van der Waals surface area contributed by atoms with Crippen LogP contribution in [0, 0.1) is 13.8 Å². The molecule has 3 rings (SSSR count). The third kappa shape index (κ3) is 3.88. The van der Waals surface area contributed by atoms with Gasteiger partial charge in [0.25, 0.3) is 5.91 Å². The molecule has 9 heteroatoms. The highest BCUT2D eigenvalue weighted by atomic mass is 35.5. The zero-order valence-electron chi connectivity index (χ0n) is 13.4. The minimum atomic E-state index is -0.228. The summed E-state index contributed by atoms with van der Waals surface area (Å²) in [6, 6.07) is 0. The van der Waals surface area contributed by atoms with Crippen LogP contribution < -0.4 is 10.6 Å². The second-order valence-electron chi connectivity index (χ2n) is 5.53. The van der Waals surface area contributed by atoms with Crippen LogP contribution in [-0.2, 0) is 7.05 Å². The molecule has 7 nitrogen and oxygen atoms in total. The molecule has 23 heavy (non-hydrogen) atoms. The number of amides is 1. The summed E-state index contributed by atoms with van der Waals surface area (Å²) in [5.41, 5.74) is 0.467. The van der Waals surface area contributed by atoms with Gasteiger partial charge in [-0.1, -0.05) is 0 Å². The van der Waals surface area contributed by atoms with Crippen LogP contribution in [0.5, 0.6) is 0 Å². The maximum absolute atomic E-state index is 12.3. The van der Waals surface area contributed by atoms with Gasteiger partial charge in [-0.05, 0) is 39.8 Å². The van der Waals surface area contributed by atoms with Gasteiger partial charge in [-0.3, -0.25) is 10.1 Å². The lowest BCUT2D eigenvalue weighted by molar-refractivity contribution is 0.102. The molecule has 3 heterocycles. The average Bonchev–Trinajstić information content (AvgIpc) is 3.03. The molecule has 0 unspecified atom stereocenters. The van der Waals surface area contributed by atoms with Crippen LogP contribution in [0.3, 0.4) is 0 Å². The number of hydrogen-bond donors (Lipinski definition) is 2. The van der Waals surface area contributed by atoms with E-state index in [1.165, 1.54) is 11.3 Å². The van der Waals surface area contributed by atoms with Crippen molar-refractivity contribution in [1.29, 1.82) is 0 Å². The van der Waals surface area contributed by atoms with Gasteiger partial charge in [0.2, 0.25) is 5.95 Å². The number of rotatable bonds is 3. The molecule has 0 saturated carbocycles. The summed E-state index contributed by atoms with van der Waals surface area (Å²) < 4.78 is 1.63. The summed E-state index contributed by atoms with van der Waals surface area (Å²) in [6.45, 7) is 5.77. The summed E-state index contributed by atoms with van der Waals surface area (Å²) >= 11 is 1.52. The van der Waals surface area contributed by atoms with Crippen molar-refractivity contribution in [2.75, 3.05) is 18.4 Å². The summed E-state index contributed by atoms with van der Waals surface area (Å²) in [5, 5.41) is 11.5. The zero-order chi connectivity index (χ0) is 15.7. The molecule has 1 amide bonds. The Morgan fingerprint density at radius 3 is 2.61 bits per heavy atom. The standard InChI is InChI=1S/C14H20N6OS.ClH/c1-8-11(16-9(2)22-8)13(21)18-14-17-12(19-20(14)3)10-4-6-15-7-5-10;/h10,15H,4-7H2,1-3H3,(H,17,18,19,21);1H. The molecule has 0 aliphatic carbocycles. The van der Waals surface area contributed by atoms with E-state index in [0.717, 1.165) is 41.6 Å². The lowest BCUT2D eigenvalue weighted by Crippen LogP contribution is -2.27. The molecule has 2 aromatic rings. The highest BCUT2D eigenvalue weighted by Crippen LogP contribution is 2.23. The van der Waals surface area contributed by atoms with Gasteiger partial charge in [0.1, 0.15) is 5.69 Å². The molecule has 0 atom stereocenters. The molecule has 0 bridgehead atoms. The molecule has 2 aromatic heterocycles. The SMILES string of the molecule is Cc1nc(C(=O)Nc2nc(C3CCNCC3)nn2C)c(C)s1.Cl. The minimum Gasteiger partial charge on any atom is -0.317 e. The van der Waals surface area contributed by atoms with E-state index in [4.69, 9.17) is 0 Å². The normalized spacial score (nSPS) is 15.3. The fourth-order valence-corrected chi connectivity index (χ4v) is 3.48. The molecule has 126 valence electrons. The minimum absolute atomic E-state index is 0. The van der Waals surface area contributed by atoms with Crippen LogP contribution in [0.1, 0.15) is 45.0 Å². The summed E-state index contributed by atoms with van der Waals surface area (Å²) in [6.07, 6.45) is 2.06. The molecule has 0 aromatic carbocycles. The zero-order valence-corrected chi connectivity index (χ0v) is 15.1. The topological polar surface area (TPSA) is 84.7 Å². The van der Waals surface area contributed by atoms with E-state index >= 15 is 0 Å². The van der Waals surface area contributed by atoms with Gasteiger partial charge in [-0.15, -0.1) is 23.7 Å². The summed E-state index contributed by atoms with van der Waals surface area (Å²) in [4.78, 5) is 22.0. The Bertz CT molecular complexity index is 691. The Kier molecular flexibility index (Phi) is 5.72. The highest BCUT2D eigenvalue weighted by molar-refractivity contribution is 7.11. The number of halogens is 1. The van der Waals surface area contributed by atoms with Crippen molar-refractivity contribution in [3.63, 3.8) is 0 Å². The van der Waals surface area contributed by atoms with Crippen molar-refractivity contribution in [3.05, 3.63) is 21.4 Å². The van der Waals surface area contributed by atoms with Crippen LogP contribution >= 0.6 is 23.7 Å². The second-order valence-corrected chi connectivity index (χ2v) is 6.94. The van der Waals surface area contributed by atoms with Crippen LogP contribution in [0.4, 0.5) is 5.95 Å². The van der Waals surface area contributed by atoms with Crippen molar-refractivity contribution in [2.24, 2.45) is 7.05 Å². The quantitative estimate of drug-likeness (QED) is 0.879.